The highest BCUT2D eigenvalue weighted by atomic mass is 16.5. The maximum Gasteiger partial charge on any atom is 0.336 e. The van der Waals surface area contributed by atoms with Crippen molar-refractivity contribution in [2.24, 2.45) is 0 Å². The number of carbonyl (C=O) groups is 1. The zero-order valence-electron chi connectivity index (χ0n) is 16.3. The van der Waals surface area contributed by atoms with Gasteiger partial charge in [0.05, 0.1) is 12.3 Å². The summed E-state index contributed by atoms with van der Waals surface area (Å²) in [5.74, 6) is 1.11. The standard InChI is InChI=1S/C22H24N2O5/c1-15-11-22(26)29-20-12-16(6-7-17(15)20)28-14-21(25)23-13-18(19-5-4-10-27-19)24-8-2-3-9-24/h4-7,10-12,18H,2-3,8-9,13-14H2,1H3,(H,23,25)/t18-/m0/s1. The first-order chi connectivity index (χ1) is 14.1. The molecule has 29 heavy (non-hydrogen) atoms. The van der Waals surface area contributed by atoms with Crippen LogP contribution in [0.5, 0.6) is 5.75 Å². The van der Waals surface area contributed by atoms with Crippen molar-refractivity contribution in [1.29, 1.82) is 0 Å². The Morgan fingerprint density at radius 1 is 1.24 bits per heavy atom. The third-order valence-electron chi connectivity index (χ3n) is 5.24. The molecule has 1 atom stereocenters. The Hall–Kier alpha value is -3.06. The second-order valence-corrected chi connectivity index (χ2v) is 7.27. The van der Waals surface area contributed by atoms with Crippen LogP contribution in [0.3, 0.4) is 0 Å². The Kier molecular flexibility index (Phi) is 5.67. The maximum atomic E-state index is 12.3. The first-order valence-corrected chi connectivity index (χ1v) is 9.81. The molecular weight excluding hydrogens is 372 g/mol. The molecule has 3 aromatic rings. The monoisotopic (exact) mass is 396 g/mol. The summed E-state index contributed by atoms with van der Waals surface area (Å²) < 4.78 is 16.4. The van der Waals surface area contributed by atoms with E-state index in [9.17, 15) is 9.59 Å². The van der Waals surface area contributed by atoms with Crippen molar-refractivity contribution in [3.05, 3.63) is 64.4 Å². The van der Waals surface area contributed by atoms with E-state index in [-0.39, 0.29) is 18.6 Å². The van der Waals surface area contributed by atoms with Crippen molar-refractivity contribution in [2.45, 2.75) is 25.8 Å². The van der Waals surface area contributed by atoms with Crippen molar-refractivity contribution in [3.63, 3.8) is 0 Å². The molecule has 1 aromatic carbocycles. The fourth-order valence-corrected chi connectivity index (χ4v) is 3.75. The van der Waals surface area contributed by atoms with E-state index in [4.69, 9.17) is 13.6 Å². The summed E-state index contributed by atoms with van der Waals surface area (Å²) in [7, 11) is 0. The van der Waals surface area contributed by atoms with Gasteiger partial charge in [-0.05, 0) is 62.7 Å². The summed E-state index contributed by atoms with van der Waals surface area (Å²) in [6.45, 7) is 4.19. The highest BCUT2D eigenvalue weighted by Crippen LogP contribution is 2.25. The summed E-state index contributed by atoms with van der Waals surface area (Å²) in [4.78, 5) is 26.2. The van der Waals surface area contributed by atoms with Crippen LogP contribution in [-0.2, 0) is 4.79 Å². The number of ether oxygens (including phenoxy) is 1. The number of carbonyl (C=O) groups excluding carboxylic acids is 1. The number of fused-ring (bicyclic) bond motifs is 1. The lowest BCUT2D eigenvalue weighted by Gasteiger charge is -2.26. The van der Waals surface area contributed by atoms with Gasteiger partial charge in [-0.1, -0.05) is 0 Å². The summed E-state index contributed by atoms with van der Waals surface area (Å²) in [6, 6.07) is 10.5. The number of benzene rings is 1. The van der Waals surface area contributed by atoms with Crippen LogP contribution in [0, 0.1) is 6.92 Å². The van der Waals surface area contributed by atoms with Crippen LogP contribution in [-0.4, -0.2) is 37.0 Å². The summed E-state index contributed by atoms with van der Waals surface area (Å²) in [5.41, 5.74) is 0.877. The first-order valence-electron chi connectivity index (χ1n) is 9.81. The van der Waals surface area contributed by atoms with Gasteiger partial charge >= 0.3 is 5.63 Å². The fraction of sp³-hybridized carbons (Fsp3) is 0.364. The number of hydrogen-bond acceptors (Lipinski definition) is 6. The number of hydrogen-bond donors (Lipinski definition) is 1. The van der Waals surface area contributed by atoms with Crippen LogP contribution in [0.1, 0.15) is 30.2 Å². The van der Waals surface area contributed by atoms with Crippen LogP contribution >= 0.6 is 0 Å². The molecule has 3 heterocycles. The van der Waals surface area contributed by atoms with Crippen LogP contribution in [0.15, 0.2) is 56.3 Å². The van der Waals surface area contributed by atoms with E-state index in [0.717, 1.165) is 42.6 Å². The minimum Gasteiger partial charge on any atom is -0.484 e. The lowest BCUT2D eigenvalue weighted by atomic mass is 10.1. The molecule has 0 spiro atoms. The molecule has 0 radical (unpaired) electrons. The van der Waals surface area contributed by atoms with E-state index in [1.165, 1.54) is 6.07 Å². The summed E-state index contributed by atoms with van der Waals surface area (Å²) >= 11 is 0. The van der Waals surface area contributed by atoms with E-state index in [0.29, 0.717) is 17.9 Å². The largest absolute Gasteiger partial charge is 0.484 e. The smallest absolute Gasteiger partial charge is 0.336 e. The molecule has 2 aromatic heterocycles. The van der Waals surface area contributed by atoms with Gasteiger partial charge in [-0.25, -0.2) is 4.79 Å². The molecule has 0 bridgehead atoms. The minimum atomic E-state index is -0.407. The van der Waals surface area contributed by atoms with Gasteiger partial charge in [0.15, 0.2) is 6.61 Å². The van der Waals surface area contributed by atoms with Crippen molar-refractivity contribution in [2.75, 3.05) is 26.2 Å². The molecule has 0 unspecified atom stereocenters. The highest BCUT2D eigenvalue weighted by molar-refractivity contribution is 5.81. The SMILES string of the molecule is Cc1cc(=O)oc2cc(OCC(=O)NC[C@@H](c3ccco3)N3CCCC3)ccc12. The molecule has 1 aliphatic heterocycles. The number of nitrogens with zero attached hydrogens (tertiary/aromatic N) is 1. The molecule has 0 aliphatic carbocycles. The third kappa shape index (κ3) is 4.51. The predicted molar refractivity (Wildman–Crippen MR) is 108 cm³/mol. The molecule has 1 aliphatic rings. The maximum absolute atomic E-state index is 12.3. The highest BCUT2D eigenvalue weighted by Gasteiger charge is 2.25. The Bertz CT molecular complexity index is 1040. The number of amides is 1. The third-order valence-corrected chi connectivity index (χ3v) is 5.24. The zero-order chi connectivity index (χ0) is 20.2. The number of nitrogens with one attached hydrogen (secondary N) is 1. The number of likely N-dealkylation sites (tertiary alicyclic amines) is 1. The quantitative estimate of drug-likeness (QED) is 0.618. The van der Waals surface area contributed by atoms with E-state index in [1.807, 2.05) is 25.1 Å². The average Bonchev–Trinajstić information content (AvgIpc) is 3.41. The van der Waals surface area contributed by atoms with Gasteiger partial charge in [-0.15, -0.1) is 0 Å². The van der Waals surface area contributed by atoms with E-state index >= 15 is 0 Å². The van der Waals surface area contributed by atoms with E-state index < -0.39 is 5.63 Å². The minimum absolute atomic E-state index is 0.0226. The van der Waals surface area contributed by atoms with Crippen LogP contribution in [0.4, 0.5) is 0 Å². The lowest BCUT2D eigenvalue weighted by molar-refractivity contribution is -0.123. The fourth-order valence-electron chi connectivity index (χ4n) is 3.75. The molecule has 1 fully saturated rings. The molecular formula is C22H24N2O5. The Balaban J connectivity index is 1.36. The lowest BCUT2D eigenvalue weighted by Crippen LogP contribution is -2.38. The van der Waals surface area contributed by atoms with Gasteiger partial charge in [0.25, 0.3) is 5.91 Å². The molecule has 4 rings (SSSR count). The van der Waals surface area contributed by atoms with Gasteiger partial charge in [0, 0.05) is 24.1 Å². The van der Waals surface area contributed by atoms with Crippen LogP contribution < -0.4 is 15.7 Å². The second-order valence-electron chi connectivity index (χ2n) is 7.27. The van der Waals surface area contributed by atoms with E-state index in [2.05, 4.69) is 10.2 Å². The Morgan fingerprint density at radius 3 is 2.83 bits per heavy atom. The van der Waals surface area contributed by atoms with Gasteiger partial charge in [-0.2, -0.15) is 0 Å². The van der Waals surface area contributed by atoms with Crippen molar-refractivity contribution in [3.8, 4) is 5.75 Å². The molecule has 0 saturated carbocycles. The van der Waals surface area contributed by atoms with Gasteiger partial charge in [-0.3, -0.25) is 9.69 Å². The van der Waals surface area contributed by atoms with Gasteiger partial charge < -0.3 is 18.9 Å². The average molecular weight is 396 g/mol. The van der Waals surface area contributed by atoms with Crippen molar-refractivity contribution in [1.82, 2.24) is 10.2 Å². The topological polar surface area (TPSA) is 84.9 Å². The van der Waals surface area contributed by atoms with Crippen molar-refractivity contribution >= 4 is 16.9 Å². The van der Waals surface area contributed by atoms with Crippen LogP contribution in [0.2, 0.25) is 0 Å². The van der Waals surface area contributed by atoms with Crippen LogP contribution in [0.25, 0.3) is 11.0 Å². The second kappa shape index (κ2) is 8.53. The summed E-state index contributed by atoms with van der Waals surface area (Å²) in [6.07, 6.45) is 3.97. The molecule has 1 N–H and O–H groups in total. The number of rotatable bonds is 7. The van der Waals surface area contributed by atoms with Crippen molar-refractivity contribution < 1.29 is 18.4 Å². The Labute approximate surface area is 168 Å². The van der Waals surface area contributed by atoms with E-state index in [1.54, 1.807) is 18.4 Å². The summed E-state index contributed by atoms with van der Waals surface area (Å²) in [5, 5.41) is 3.78. The zero-order valence-corrected chi connectivity index (χ0v) is 16.3. The molecule has 1 saturated heterocycles. The van der Waals surface area contributed by atoms with Gasteiger partial charge in [0.1, 0.15) is 17.1 Å². The molecule has 1 amide bonds. The van der Waals surface area contributed by atoms with Gasteiger partial charge in [0.2, 0.25) is 0 Å². The number of furan rings is 1. The first kappa shape index (κ1) is 19.3. The Morgan fingerprint density at radius 2 is 2.07 bits per heavy atom. The molecule has 7 nitrogen and oxygen atoms in total. The predicted octanol–water partition coefficient (Wildman–Crippen LogP) is 3.03. The molecule has 152 valence electrons. The number of aryl methyl sites for hydroxylation is 1. The molecule has 7 heteroatoms. The normalized spacial score (nSPS) is 15.5.